The zero-order valence-electron chi connectivity index (χ0n) is 16.9. The maximum atomic E-state index is 14.4. The van der Waals surface area contributed by atoms with Crippen LogP contribution in [0, 0.1) is 29.4 Å². The number of allylic oxidation sites excluding steroid dienone is 2. The van der Waals surface area contributed by atoms with E-state index in [1.54, 1.807) is 6.07 Å². The zero-order chi connectivity index (χ0) is 19.2. The van der Waals surface area contributed by atoms with E-state index in [1.807, 2.05) is 0 Å². The highest BCUT2D eigenvalue weighted by Crippen LogP contribution is 2.42. The Morgan fingerprint density at radius 2 is 1.74 bits per heavy atom. The lowest BCUT2D eigenvalue weighted by Gasteiger charge is -2.35. The maximum absolute atomic E-state index is 14.4. The fraction of sp³-hybridized carbons (Fsp3) is 0.667. The van der Waals surface area contributed by atoms with E-state index in [2.05, 4.69) is 13.0 Å². The number of ether oxygens (including phenoxy) is 1. The molecule has 0 saturated heterocycles. The zero-order valence-corrected chi connectivity index (χ0v) is 16.9. The second kappa shape index (κ2) is 9.71. The SMILES string of the molecule is CCCCCC1CCC(C2CC=C(c3ccc(OC)c(F)c3F)CC2)CC1. The van der Waals surface area contributed by atoms with Crippen molar-refractivity contribution in [1.29, 1.82) is 0 Å². The Labute approximate surface area is 163 Å². The van der Waals surface area contributed by atoms with Crippen LogP contribution in [0.4, 0.5) is 8.78 Å². The van der Waals surface area contributed by atoms with Crippen LogP contribution in [0.3, 0.4) is 0 Å². The van der Waals surface area contributed by atoms with E-state index in [9.17, 15) is 8.78 Å². The van der Waals surface area contributed by atoms with Crippen molar-refractivity contribution in [3.8, 4) is 5.75 Å². The first-order chi connectivity index (χ1) is 13.1. The summed E-state index contributed by atoms with van der Waals surface area (Å²) < 4.78 is 33.2. The molecule has 1 nitrogen and oxygen atoms in total. The fourth-order valence-corrected chi connectivity index (χ4v) is 5.10. The predicted molar refractivity (Wildman–Crippen MR) is 108 cm³/mol. The van der Waals surface area contributed by atoms with Gasteiger partial charge in [-0.2, -0.15) is 4.39 Å². The van der Waals surface area contributed by atoms with Crippen LogP contribution in [-0.2, 0) is 0 Å². The van der Waals surface area contributed by atoms with E-state index in [-0.39, 0.29) is 5.75 Å². The number of hydrogen-bond donors (Lipinski definition) is 0. The summed E-state index contributed by atoms with van der Waals surface area (Å²) in [7, 11) is 1.36. The summed E-state index contributed by atoms with van der Waals surface area (Å²) in [5.41, 5.74) is 1.37. The van der Waals surface area contributed by atoms with Gasteiger partial charge in [0.1, 0.15) is 0 Å². The van der Waals surface area contributed by atoms with E-state index < -0.39 is 11.6 Å². The molecule has 0 radical (unpaired) electrons. The Balaban J connectivity index is 1.54. The Bertz CT molecular complexity index is 644. The molecule has 1 unspecified atom stereocenters. The average Bonchev–Trinajstić information content (AvgIpc) is 2.71. The minimum Gasteiger partial charge on any atom is -0.494 e. The van der Waals surface area contributed by atoms with Crippen molar-refractivity contribution in [2.24, 2.45) is 17.8 Å². The van der Waals surface area contributed by atoms with Crippen molar-refractivity contribution in [3.05, 3.63) is 35.4 Å². The molecule has 150 valence electrons. The molecular formula is C24H34F2O. The third-order valence-corrected chi connectivity index (χ3v) is 6.84. The quantitative estimate of drug-likeness (QED) is 0.447. The molecule has 0 N–H and O–H groups in total. The van der Waals surface area contributed by atoms with Crippen LogP contribution < -0.4 is 4.74 Å². The smallest absolute Gasteiger partial charge is 0.201 e. The lowest BCUT2D eigenvalue weighted by atomic mass is 9.70. The van der Waals surface area contributed by atoms with Gasteiger partial charge in [0.25, 0.3) is 0 Å². The summed E-state index contributed by atoms with van der Waals surface area (Å²) >= 11 is 0. The number of benzene rings is 1. The molecule has 0 aromatic heterocycles. The predicted octanol–water partition coefficient (Wildman–Crippen LogP) is 7.54. The number of unbranched alkanes of at least 4 members (excludes halogenated alkanes) is 2. The van der Waals surface area contributed by atoms with Crippen LogP contribution in [-0.4, -0.2) is 7.11 Å². The van der Waals surface area contributed by atoms with Gasteiger partial charge in [-0.25, -0.2) is 4.39 Å². The van der Waals surface area contributed by atoms with E-state index in [0.717, 1.165) is 42.6 Å². The fourth-order valence-electron chi connectivity index (χ4n) is 5.10. The van der Waals surface area contributed by atoms with Gasteiger partial charge in [0.05, 0.1) is 7.11 Å². The third-order valence-electron chi connectivity index (χ3n) is 6.84. The molecule has 3 heteroatoms. The van der Waals surface area contributed by atoms with Gasteiger partial charge >= 0.3 is 0 Å². The molecule has 0 aliphatic heterocycles. The number of halogens is 2. The van der Waals surface area contributed by atoms with Gasteiger partial charge in [-0.3, -0.25) is 0 Å². The molecule has 2 aliphatic carbocycles. The largest absolute Gasteiger partial charge is 0.494 e. The average molecular weight is 377 g/mol. The third kappa shape index (κ3) is 4.92. The topological polar surface area (TPSA) is 9.23 Å². The van der Waals surface area contributed by atoms with Crippen molar-refractivity contribution in [2.45, 2.75) is 77.6 Å². The van der Waals surface area contributed by atoms with Crippen LogP contribution in [0.25, 0.3) is 5.57 Å². The van der Waals surface area contributed by atoms with Crippen LogP contribution in [0.2, 0.25) is 0 Å². The van der Waals surface area contributed by atoms with Crippen LogP contribution >= 0.6 is 0 Å². The van der Waals surface area contributed by atoms with Gasteiger partial charge in [-0.05, 0) is 67.6 Å². The monoisotopic (exact) mass is 376 g/mol. The summed E-state index contributed by atoms with van der Waals surface area (Å²) in [6.07, 6.45) is 16.1. The number of methoxy groups -OCH3 is 1. The normalized spacial score (nSPS) is 25.9. The molecular weight excluding hydrogens is 342 g/mol. The minimum atomic E-state index is -0.876. The maximum Gasteiger partial charge on any atom is 0.201 e. The molecule has 0 bridgehead atoms. The van der Waals surface area contributed by atoms with Crippen molar-refractivity contribution in [2.75, 3.05) is 7.11 Å². The highest BCUT2D eigenvalue weighted by molar-refractivity contribution is 5.67. The molecule has 0 amide bonds. The Kier molecular flexibility index (Phi) is 7.32. The Morgan fingerprint density at radius 1 is 0.963 bits per heavy atom. The highest BCUT2D eigenvalue weighted by Gasteiger charge is 2.29. The lowest BCUT2D eigenvalue weighted by molar-refractivity contribution is 0.187. The first-order valence-corrected chi connectivity index (χ1v) is 10.8. The van der Waals surface area contributed by atoms with Crippen molar-refractivity contribution in [3.63, 3.8) is 0 Å². The molecule has 1 aromatic rings. The summed E-state index contributed by atoms with van der Waals surface area (Å²) in [4.78, 5) is 0. The van der Waals surface area contributed by atoms with E-state index in [1.165, 1.54) is 64.5 Å². The molecule has 2 aliphatic rings. The first kappa shape index (κ1) is 20.4. The standard InChI is InChI=1S/C24H34F2O/c1-3-4-5-6-17-7-9-18(10-8-17)19-11-13-20(14-12-19)21-15-16-22(27-2)24(26)23(21)25/h13,15-19H,3-12,14H2,1-2H3. The Morgan fingerprint density at radius 3 is 2.37 bits per heavy atom. The lowest BCUT2D eigenvalue weighted by Crippen LogP contribution is -2.23. The van der Waals surface area contributed by atoms with Crippen LogP contribution in [0.5, 0.6) is 5.75 Å². The number of hydrogen-bond acceptors (Lipinski definition) is 1. The van der Waals surface area contributed by atoms with Crippen molar-refractivity contribution >= 4 is 5.57 Å². The minimum absolute atomic E-state index is 0.0266. The highest BCUT2D eigenvalue weighted by atomic mass is 19.2. The molecule has 1 fully saturated rings. The van der Waals surface area contributed by atoms with Gasteiger partial charge in [0, 0.05) is 5.56 Å². The second-order valence-electron chi connectivity index (χ2n) is 8.48. The van der Waals surface area contributed by atoms with Gasteiger partial charge < -0.3 is 4.74 Å². The molecule has 1 saturated carbocycles. The van der Waals surface area contributed by atoms with E-state index in [0.29, 0.717) is 5.56 Å². The summed E-state index contributed by atoms with van der Waals surface area (Å²) in [5, 5.41) is 0. The molecule has 0 spiro atoms. The summed E-state index contributed by atoms with van der Waals surface area (Å²) in [6, 6.07) is 3.19. The van der Waals surface area contributed by atoms with Crippen LogP contribution in [0.15, 0.2) is 18.2 Å². The number of rotatable bonds is 7. The Hall–Kier alpha value is -1.38. The molecule has 0 heterocycles. The molecule has 27 heavy (non-hydrogen) atoms. The first-order valence-electron chi connectivity index (χ1n) is 10.8. The second-order valence-corrected chi connectivity index (χ2v) is 8.48. The van der Waals surface area contributed by atoms with Gasteiger partial charge in [-0.1, -0.05) is 51.5 Å². The summed E-state index contributed by atoms with van der Waals surface area (Å²) in [5.74, 6) is 0.810. The molecule has 1 atom stereocenters. The molecule has 3 rings (SSSR count). The van der Waals surface area contributed by atoms with Crippen LogP contribution in [0.1, 0.15) is 83.1 Å². The van der Waals surface area contributed by atoms with Crippen molar-refractivity contribution < 1.29 is 13.5 Å². The summed E-state index contributed by atoms with van der Waals surface area (Å²) in [6.45, 7) is 2.27. The van der Waals surface area contributed by atoms with Gasteiger partial charge in [0.2, 0.25) is 5.82 Å². The van der Waals surface area contributed by atoms with E-state index in [4.69, 9.17) is 4.74 Å². The molecule has 1 aromatic carbocycles. The van der Waals surface area contributed by atoms with Gasteiger partial charge in [0.15, 0.2) is 11.6 Å². The van der Waals surface area contributed by atoms with Crippen molar-refractivity contribution in [1.82, 2.24) is 0 Å². The van der Waals surface area contributed by atoms with Gasteiger partial charge in [-0.15, -0.1) is 0 Å². The van der Waals surface area contributed by atoms with E-state index >= 15 is 0 Å².